The van der Waals surface area contributed by atoms with E-state index in [2.05, 4.69) is 172 Å². The minimum Gasteiger partial charge on any atom is -0.455 e. The van der Waals surface area contributed by atoms with Crippen molar-refractivity contribution in [1.82, 2.24) is 0 Å². The molecule has 0 spiro atoms. The van der Waals surface area contributed by atoms with E-state index in [-0.39, 0.29) is 10.8 Å². The first kappa shape index (κ1) is 27.5. The smallest absolute Gasteiger partial charge is 0.143 e. The van der Waals surface area contributed by atoms with E-state index in [0.29, 0.717) is 0 Å². The SMILES string of the molecule is CC1(C)c2ccccc2-c2cc(N(c3ccc4c(c3)-c3ccccc3C4(C)C)c3cccc4oc5c6ccccc6ccc5c34)ccc21. The highest BCUT2D eigenvalue weighted by Crippen LogP contribution is 2.54. The van der Waals surface area contributed by atoms with Crippen LogP contribution in [-0.2, 0) is 10.8 Å². The molecule has 0 saturated heterocycles. The second-order valence-corrected chi connectivity index (χ2v) is 14.6. The van der Waals surface area contributed by atoms with Crippen LogP contribution in [-0.4, -0.2) is 0 Å². The fourth-order valence-electron chi connectivity index (χ4n) is 8.84. The maximum absolute atomic E-state index is 6.70. The second-order valence-electron chi connectivity index (χ2n) is 14.6. The van der Waals surface area contributed by atoms with Gasteiger partial charge in [0.15, 0.2) is 0 Å². The summed E-state index contributed by atoms with van der Waals surface area (Å²) in [5.74, 6) is 0. The van der Waals surface area contributed by atoms with Crippen molar-refractivity contribution in [2.45, 2.75) is 38.5 Å². The van der Waals surface area contributed by atoms with Gasteiger partial charge in [-0.25, -0.2) is 0 Å². The van der Waals surface area contributed by atoms with E-state index in [1.807, 2.05) is 0 Å². The zero-order valence-electron chi connectivity index (χ0n) is 27.6. The topological polar surface area (TPSA) is 16.4 Å². The van der Waals surface area contributed by atoms with E-state index >= 15 is 0 Å². The first-order valence-corrected chi connectivity index (χ1v) is 16.9. The van der Waals surface area contributed by atoms with Crippen molar-refractivity contribution in [2.24, 2.45) is 0 Å². The van der Waals surface area contributed by atoms with Gasteiger partial charge in [-0.2, -0.15) is 0 Å². The summed E-state index contributed by atoms with van der Waals surface area (Å²) < 4.78 is 6.70. The second kappa shape index (κ2) is 9.49. The molecule has 2 nitrogen and oxygen atoms in total. The van der Waals surface area contributed by atoms with Gasteiger partial charge in [-0.15, -0.1) is 0 Å². The summed E-state index contributed by atoms with van der Waals surface area (Å²) in [5.41, 5.74) is 15.9. The normalized spacial score (nSPS) is 15.0. The summed E-state index contributed by atoms with van der Waals surface area (Å²) in [6.07, 6.45) is 0. The van der Waals surface area contributed by atoms with Gasteiger partial charge in [-0.05, 0) is 92.4 Å². The van der Waals surface area contributed by atoms with Crippen LogP contribution < -0.4 is 4.90 Å². The molecule has 1 aromatic heterocycles. The molecule has 0 bridgehead atoms. The highest BCUT2D eigenvalue weighted by atomic mass is 16.3. The molecule has 2 heteroatoms. The van der Waals surface area contributed by atoms with Crippen LogP contribution >= 0.6 is 0 Å². The number of furan rings is 1. The molecule has 0 radical (unpaired) electrons. The van der Waals surface area contributed by atoms with Gasteiger partial charge in [0.05, 0.1) is 11.1 Å². The third-order valence-corrected chi connectivity index (χ3v) is 11.3. The Morgan fingerprint density at radius 3 is 1.67 bits per heavy atom. The van der Waals surface area contributed by atoms with E-state index in [1.54, 1.807) is 0 Å². The Morgan fingerprint density at radius 1 is 0.458 bits per heavy atom. The van der Waals surface area contributed by atoms with Crippen LogP contribution in [0.1, 0.15) is 49.9 Å². The summed E-state index contributed by atoms with van der Waals surface area (Å²) in [5, 5.41) is 4.57. The first-order valence-electron chi connectivity index (χ1n) is 16.9. The Bertz CT molecular complexity index is 2530. The Hall–Kier alpha value is -5.60. The number of nitrogens with zero attached hydrogens (tertiary/aromatic N) is 1. The molecule has 230 valence electrons. The van der Waals surface area contributed by atoms with Crippen LogP contribution in [0.15, 0.2) is 144 Å². The van der Waals surface area contributed by atoms with Crippen molar-refractivity contribution in [1.29, 1.82) is 0 Å². The van der Waals surface area contributed by atoms with Crippen LogP contribution in [0.3, 0.4) is 0 Å². The molecule has 2 aliphatic carbocycles. The molecule has 0 N–H and O–H groups in total. The average molecular weight is 618 g/mol. The summed E-state index contributed by atoms with van der Waals surface area (Å²) in [6, 6.07) is 51.4. The monoisotopic (exact) mass is 617 g/mol. The van der Waals surface area contributed by atoms with Crippen molar-refractivity contribution in [3.05, 3.63) is 162 Å². The fraction of sp³-hybridized carbons (Fsp3) is 0.130. The van der Waals surface area contributed by atoms with Crippen LogP contribution in [0.25, 0.3) is 55.0 Å². The summed E-state index contributed by atoms with van der Waals surface area (Å²) in [4.78, 5) is 2.45. The van der Waals surface area contributed by atoms with Gasteiger partial charge in [0.2, 0.25) is 0 Å². The molecule has 8 aromatic rings. The number of rotatable bonds is 3. The van der Waals surface area contributed by atoms with Crippen molar-refractivity contribution in [3.8, 4) is 22.3 Å². The highest BCUT2D eigenvalue weighted by Gasteiger charge is 2.37. The van der Waals surface area contributed by atoms with Crippen LogP contribution in [0.4, 0.5) is 17.1 Å². The van der Waals surface area contributed by atoms with Crippen molar-refractivity contribution < 1.29 is 4.42 Å². The van der Waals surface area contributed by atoms with E-state index in [1.165, 1.54) is 49.9 Å². The van der Waals surface area contributed by atoms with E-state index in [0.717, 1.165) is 44.4 Å². The van der Waals surface area contributed by atoms with Gasteiger partial charge >= 0.3 is 0 Å². The predicted octanol–water partition coefficient (Wildman–Crippen LogP) is 12.8. The molecule has 0 saturated carbocycles. The largest absolute Gasteiger partial charge is 0.455 e. The lowest BCUT2D eigenvalue weighted by Crippen LogP contribution is -2.16. The van der Waals surface area contributed by atoms with Gasteiger partial charge < -0.3 is 9.32 Å². The van der Waals surface area contributed by atoms with E-state index in [9.17, 15) is 0 Å². The molecule has 0 unspecified atom stereocenters. The number of benzene rings is 7. The molecule has 0 aliphatic heterocycles. The van der Waals surface area contributed by atoms with Crippen LogP contribution in [0, 0.1) is 0 Å². The Labute approximate surface area is 280 Å². The van der Waals surface area contributed by atoms with Crippen molar-refractivity contribution in [2.75, 3.05) is 4.90 Å². The zero-order chi connectivity index (χ0) is 32.4. The number of fused-ring (bicyclic) bond motifs is 11. The summed E-state index contributed by atoms with van der Waals surface area (Å²) >= 11 is 0. The molecule has 48 heavy (non-hydrogen) atoms. The highest BCUT2D eigenvalue weighted by molar-refractivity contribution is 6.19. The number of hydrogen-bond acceptors (Lipinski definition) is 2. The fourth-order valence-corrected chi connectivity index (χ4v) is 8.84. The maximum atomic E-state index is 6.70. The van der Waals surface area contributed by atoms with E-state index < -0.39 is 0 Å². The summed E-state index contributed by atoms with van der Waals surface area (Å²) in [6.45, 7) is 9.38. The maximum Gasteiger partial charge on any atom is 0.143 e. The molecule has 0 amide bonds. The Kier molecular flexibility index (Phi) is 5.44. The third-order valence-electron chi connectivity index (χ3n) is 11.3. The minimum atomic E-state index is -0.0556. The molecule has 0 atom stereocenters. The first-order chi connectivity index (χ1) is 23.3. The minimum absolute atomic E-state index is 0.0556. The zero-order valence-corrected chi connectivity index (χ0v) is 27.6. The lowest BCUT2D eigenvalue weighted by Gasteiger charge is -2.29. The lowest BCUT2D eigenvalue weighted by atomic mass is 9.82. The predicted molar refractivity (Wildman–Crippen MR) is 201 cm³/mol. The lowest BCUT2D eigenvalue weighted by molar-refractivity contribution is 0.660. The van der Waals surface area contributed by atoms with Crippen LogP contribution in [0.2, 0.25) is 0 Å². The molecule has 7 aromatic carbocycles. The standard InChI is InChI=1S/C46H35NO/c1-45(2)37-16-9-7-14-32(37)35-26-29(21-24-39(35)45)47(30-22-25-40-36(27-30)33-15-8-10-17-38(33)46(40,3)4)41-18-11-19-42-43(41)34-23-20-28-12-5-6-13-31(28)44(34)48-42/h5-27H,1-4H3. The van der Waals surface area contributed by atoms with Gasteiger partial charge in [0.25, 0.3) is 0 Å². The van der Waals surface area contributed by atoms with Gasteiger partial charge in [0.1, 0.15) is 11.2 Å². The number of hydrogen-bond donors (Lipinski definition) is 0. The van der Waals surface area contributed by atoms with Crippen molar-refractivity contribution in [3.63, 3.8) is 0 Å². The summed E-state index contributed by atoms with van der Waals surface area (Å²) in [7, 11) is 0. The average Bonchev–Trinajstić information content (AvgIpc) is 3.69. The van der Waals surface area contributed by atoms with Crippen molar-refractivity contribution >= 4 is 49.8 Å². The Morgan fingerprint density at radius 2 is 1.02 bits per heavy atom. The van der Waals surface area contributed by atoms with Gasteiger partial charge in [-0.1, -0.05) is 125 Å². The molecule has 2 aliphatic rings. The van der Waals surface area contributed by atoms with Crippen LogP contribution in [0.5, 0.6) is 0 Å². The van der Waals surface area contributed by atoms with Gasteiger partial charge in [-0.3, -0.25) is 0 Å². The molecule has 1 heterocycles. The van der Waals surface area contributed by atoms with E-state index in [4.69, 9.17) is 4.42 Å². The quantitative estimate of drug-likeness (QED) is 0.196. The number of anilines is 3. The molecule has 10 rings (SSSR count). The molecular weight excluding hydrogens is 583 g/mol. The molecule has 0 fully saturated rings. The van der Waals surface area contributed by atoms with Gasteiger partial charge in [0, 0.05) is 33.0 Å². The third kappa shape index (κ3) is 3.58. The molecular formula is C46H35NO. The Balaban J connectivity index is 1.27.